The summed E-state index contributed by atoms with van der Waals surface area (Å²) < 4.78 is 11.1. The summed E-state index contributed by atoms with van der Waals surface area (Å²) in [6, 6.07) is 6.19. The second-order valence-corrected chi connectivity index (χ2v) is 4.94. The molecule has 0 fully saturated rings. The molecule has 0 amide bonds. The van der Waals surface area contributed by atoms with Gasteiger partial charge in [0.25, 0.3) is 0 Å². The third kappa shape index (κ3) is 3.19. The summed E-state index contributed by atoms with van der Waals surface area (Å²) in [5.74, 6) is 2.90. The highest BCUT2D eigenvalue weighted by Crippen LogP contribution is 2.30. The molecule has 0 aliphatic carbocycles. The summed E-state index contributed by atoms with van der Waals surface area (Å²) >= 11 is 0. The minimum atomic E-state index is 0.644. The van der Waals surface area contributed by atoms with E-state index in [0.29, 0.717) is 13.2 Å². The minimum Gasteiger partial charge on any atom is -0.486 e. The zero-order valence-corrected chi connectivity index (χ0v) is 11.2. The Morgan fingerprint density at radius 1 is 1.11 bits per heavy atom. The molecule has 3 rings (SSSR count). The van der Waals surface area contributed by atoms with Gasteiger partial charge in [0.1, 0.15) is 13.2 Å². The fourth-order valence-electron chi connectivity index (χ4n) is 2.44. The molecule has 0 saturated heterocycles. The van der Waals surface area contributed by atoms with Crippen molar-refractivity contribution < 1.29 is 9.47 Å². The van der Waals surface area contributed by atoms with Gasteiger partial charge in [0.15, 0.2) is 11.5 Å². The first-order valence-corrected chi connectivity index (χ1v) is 7.07. The standard InChI is InChI=1S/C15H20N2O2/c1-2-7-16-15(3-1)17-8-6-12-4-5-13-14(11-12)19-10-9-18-13/h4-5,11H,1-3,6-10H2,(H,16,17). The predicted molar refractivity (Wildman–Crippen MR) is 75.3 cm³/mol. The molecule has 19 heavy (non-hydrogen) atoms. The third-order valence-electron chi connectivity index (χ3n) is 3.47. The van der Waals surface area contributed by atoms with E-state index in [0.717, 1.165) is 37.4 Å². The van der Waals surface area contributed by atoms with Gasteiger partial charge in [-0.25, -0.2) is 0 Å². The summed E-state index contributed by atoms with van der Waals surface area (Å²) in [7, 11) is 0. The van der Waals surface area contributed by atoms with Crippen molar-refractivity contribution >= 4 is 5.84 Å². The monoisotopic (exact) mass is 260 g/mol. The van der Waals surface area contributed by atoms with Crippen LogP contribution < -0.4 is 14.8 Å². The van der Waals surface area contributed by atoms with E-state index in [2.05, 4.69) is 22.4 Å². The highest BCUT2D eigenvalue weighted by molar-refractivity contribution is 5.82. The Bertz CT molecular complexity index is 471. The van der Waals surface area contributed by atoms with Crippen LogP contribution in [0.4, 0.5) is 0 Å². The van der Waals surface area contributed by atoms with Crippen molar-refractivity contribution in [2.45, 2.75) is 25.7 Å². The molecule has 0 radical (unpaired) electrons. The van der Waals surface area contributed by atoms with Gasteiger partial charge in [-0.15, -0.1) is 0 Å². The number of hydrogen-bond acceptors (Lipinski definition) is 4. The number of nitrogens with zero attached hydrogens (tertiary/aromatic N) is 1. The molecular weight excluding hydrogens is 240 g/mol. The van der Waals surface area contributed by atoms with E-state index in [-0.39, 0.29) is 0 Å². The van der Waals surface area contributed by atoms with Crippen molar-refractivity contribution in [2.24, 2.45) is 4.99 Å². The van der Waals surface area contributed by atoms with Gasteiger partial charge in [0.05, 0.1) is 5.84 Å². The highest BCUT2D eigenvalue weighted by atomic mass is 16.6. The van der Waals surface area contributed by atoms with Crippen molar-refractivity contribution in [1.82, 2.24) is 5.32 Å². The summed E-state index contributed by atoms with van der Waals surface area (Å²) in [5.41, 5.74) is 1.27. The van der Waals surface area contributed by atoms with Gasteiger partial charge in [0.2, 0.25) is 0 Å². The van der Waals surface area contributed by atoms with Gasteiger partial charge >= 0.3 is 0 Å². The first-order valence-electron chi connectivity index (χ1n) is 7.07. The molecule has 102 valence electrons. The molecule has 2 heterocycles. The van der Waals surface area contributed by atoms with E-state index >= 15 is 0 Å². The van der Waals surface area contributed by atoms with Crippen molar-refractivity contribution in [3.63, 3.8) is 0 Å². The molecule has 0 saturated carbocycles. The number of nitrogens with one attached hydrogen (secondary N) is 1. The van der Waals surface area contributed by atoms with Crippen LogP contribution in [0.3, 0.4) is 0 Å². The molecule has 1 aromatic carbocycles. The fraction of sp³-hybridized carbons (Fsp3) is 0.533. The van der Waals surface area contributed by atoms with E-state index in [9.17, 15) is 0 Å². The topological polar surface area (TPSA) is 42.9 Å². The quantitative estimate of drug-likeness (QED) is 0.905. The van der Waals surface area contributed by atoms with Crippen LogP contribution in [0.1, 0.15) is 24.8 Å². The summed E-state index contributed by atoms with van der Waals surface area (Å²) in [4.78, 5) is 4.49. The average molecular weight is 260 g/mol. The number of rotatable bonds is 3. The van der Waals surface area contributed by atoms with E-state index in [4.69, 9.17) is 9.47 Å². The zero-order chi connectivity index (χ0) is 12.9. The number of benzene rings is 1. The largest absolute Gasteiger partial charge is 0.486 e. The lowest BCUT2D eigenvalue weighted by molar-refractivity contribution is 0.171. The maximum atomic E-state index is 5.59. The number of amidine groups is 1. The lowest BCUT2D eigenvalue weighted by Crippen LogP contribution is -2.27. The van der Waals surface area contributed by atoms with Crippen molar-refractivity contribution in [1.29, 1.82) is 0 Å². The molecule has 2 aliphatic heterocycles. The zero-order valence-electron chi connectivity index (χ0n) is 11.2. The Morgan fingerprint density at radius 3 is 2.84 bits per heavy atom. The van der Waals surface area contributed by atoms with Gasteiger partial charge in [-0.3, -0.25) is 4.99 Å². The second kappa shape index (κ2) is 5.95. The van der Waals surface area contributed by atoms with Crippen LogP contribution in [0.5, 0.6) is 11.5 Å². The van der Waals surface area contributed by atoms with Gasteiger partial charge in [-0.05, 0) is 37.0 Å². The average Bonchev–Trinajstić information content (AvgIpc) is 2.48. The van der Waals surface area contributed by atoms with E-state index < -0.39 is 0 Å². The van der Waals surface area contributed by atoms with E-state index in [1.54, 1.807) is 0 Å². The van der Waals surface area contributed by atoms with Gasteiger partial charge in [-0.1, -0.05) is 6.07 Å². The van der Waals surface area contributed by atoms with Crippen LogP contribution in [0.25, 0.3) is 0 Å². The molecule has 1 aromatic rings. The van der Waals surface area contributed by atoms with Crippen LogP contribution in [0, 0.1) is 0 Å². The molecule has 4 nitrogen and oxygen atoms in total. The molecule has 0 aromatic heterocycles. The van der Waals surface area contributed by atoms with Crippen molar-refractivity contribution in [2.75, 3.05) is 26.3 Å². The predicted octanol–water partition coefficient (Wildman–Crippen LogP) is 2.17. The first-order chi connectivity index (χ1) is 9.42. The Labute approximate surface area is 113 Å². The Kier molecular flexibility index (Phi) is 3.86. The Hall–Kier alpha value is -1.71. The van der Waals surface area contributed by atoms with Gasteiger partial charge in [-0.2, -0.15) is 0 Å². The van der Waals surface area contributed by atoms with Crippen molar-refractivity contribution in [3.05, 3.63) is 23.8 Å². The van der Waals surface area contributed by atoms with E-state index in [1.807, 2.05) is 6.07 Å². The first kappa shape index (κ1) is 12.3. The number of ether oxygens (including phenoxy) is 2. The summed E-state index contributed by atoms with van der Waals surface area (Å²) in [5, 5.41) is 3.43. The second-order valence-electron chi connectivity index (χ2n) is 4.94. The summed E-state index contributed by atoms with van der Waals surface area (Å²) in [6.07, 6.45) is 4.57. The van der Waals surface area contributed by atoms with E-state index in [1.165, 1.54) is 24.2 Å². The third-order valence-corrected chi connectivity index (χ3v) is 3.47. The molecular formula is C15H20N2O2. The maximum absolute atomic E-state index is 5.59. The van der Waals surface area contributed by atoms with Crippen LogP contribution in [0.15, 0.2) is 23.2 Å². The number of fused-ring (bicyclic) bond motifs is 1. The maximum Gasteiger partial charge on any atom is 0.161 e. The van der Waals surface area contributed by atoms with Gasteiger partial charge in [0, 0.05) is 19.5 Å². The molecule has 0 bridgehead atoms. The molecule has 2 aliphatic rings. The van der Waals surface area contributed by atoms with Crippen LogP contribution in [0.2, 0.25) is 0 Å². The number of hydrogen-bond donors (Lipinski definition) is 1. The lowest BCUT2D eigenvalue weighted by Gasteiger charge is -2.19. The van der Waals surface area contributed by atoms with Crippen LogP contribution >= 0.6 is 0 Å². The van der Waals surface area contributed by atoms with Crippen molar-refractivity contribution in [3.8, 4) is 11.5 Å². The Morgan fingerprint density at radius 2 is 2.00 bits per heavy atom. The highest BCUT2D eigenvalue weighted by Gasteiger charge is 2.11. The molecule has 0 spiro atoms. The molecule has 0 unspecified atom stereocenters. The SMILES string of the molecule is c1cc2c(cc1CCNC1=NCCCC1)OCCO2. The minimum absolute atomic E-state index is 0.644. The summed E-state index contributed by atoms with van der Waals surface area (Å²) in [6.45, 7) is 3.20. The number of aliphatic imine (C=N–C) groups is 1. The van der Waals surface area contributed by atoms with Crippen LogP contribution in [-0.2, 0) is 6.42 Å². The lowest BCUT2D eigenvalue weighted by atomic mass is 10.1. The van der Waals surface area contributed by atoms with Crippen LogP contribution in [-0.4, -0.2) is 32.1 Å². The molecule has 4 heteroatoms. The molecule has 0 atom stereocenters. The normalized spacial score (nSPS) is 17.8. The fourth-order valence-corrected chi connectivity index (χ4v) is 2.44. The smallest absolute Gasteiger partial charge is 0.161 e. The Balaban J connectivity index is 1.53. The molecule has 1 N–H and O–H groups in total. The van der Waals surface area contributed by atoms with Gasteiger partial charge < -0.3 is 14.8 Å².